The molecule has 7 heteroatoms. The van der Waals surface area contributed by atoms with E-state index < -0.39 is 17.2 Å². The highest BCUT2D eigenvalue weighted by Crippen LogP contribution is 2.55. The minimum atomic E-state index is -0.543. The monoisotopic (exact) mass is 406 g/mol. The summed E-state index contributed by atoms with van der Waals surface area (Å²) < 4.78 is 20.2. The molecule has 0 radical (unpaired) electrons. The van der Waals surface area contributed by atoms with E-state index >= 15 is 0 Å². The lowest BCUT2D eigenvalue weighted by Gasteiger charge is -2.22. The molecule has 1 aliphatic rings. The second-order valence-electron chi connectivity index (χ2n) is 7.59. The van der Waals surface area contributed by atoms with Crippen LogP contribution in [-0.2, 0) is 10.2 Å². The molecule has 1 amide bonds. The van der Waals surface area contributed by atoms with Crippen LogP contribution in [0.2, 0.25) is 0 Å². The third-order valence-electron chi connectivity index (χ3n) is 5.61. The number of ether oxygens (including phenoxy) is 1. The summed E-state index contributed by atoms with van der Waals surface area (Å²) in [6, 6.07) is 15.7. The standard InChI is InChI=1S/C23H23FN4O2/c1-15-21(13-26-16(2)27-15)30-14-23(17-8-4-3-5-9-17)12-18(23)22(29)28(25)20-11-7-6-10-19(20)24/h3-11,13,18H,12,14,25H2,1-2H3/t18-,23+/m0/s1. The maximum absolute atomic E-state index is 14.1. The van der Waals surface area contributed by atoms with Gasteiger partial charge in [0.25, 0.3) is 0 Å². The van der Waals surface area contributed by atoms with E-state index in [1.807, 2.05) is 44.2 Å². The first kappa shape index (κ1) is 20.0. The van der Waals surface area contributed by atoms with Crippen molar-refractivity contribution in [3.05, 3.63) is 83.7 Å². The summed E-state index contributed by atoms with van der Waals surface area (Å²) in [6.45, 7) is 3.94. The van der Waals surface area contributed by atoms with Crippen molar-refractivity contribution < 1.29 is 13.9 Å². The molecule has 6 nitrogen and oxygen atoms in total. The Labute approximate surface area is 174 Å². The lowest BCUT2D eigenvalue weighted by Crippen LogP contribution is -2.41. The van der Waals surface area contributed by atoms with Crippen molar-refractivity contribution in [2.45, 2.75) is 25.7 Å². The van der Waals surface area contributed by atoms with Crippen LogP contribution < -0.4 is 15.6 Å². The average molecular weight is 406 g/mol. The highest BCUT2D eigenvalue weighted by Gasteiger charge is 2.61. The molecule has 1 saturated carbocycles. The number of aromatic nitrogens is 2. The Morgan fingerprint density at radius 2 is 1.90 bits per heavy atom. The fraction of sp³-hybridized carbons (Fsp3) is 0.261. The Kier molecular flexibility index (Phi) is 5.22. The number of hydrogen-bond donors (Lipinski definition) is 1. The number of hydrazine groups is 1. The van der Waals surface area contributed by atoms with Gasteiger partial charge in [0.2, 0.25) is 5.91 Å². The first-order valence-electron chi connectivity index (χ1n) is 9.74. The number of aryl methyl sites for hydroxylation is 2. The van der Waals surface area contributed by atoms with Crippen molar-refractivity contribution in [2.24, 2.45) is 11.8 Å². The highest BCUT2D eigenvalue weighted by atomic mass is 19.1. The number of carbonyl (C=O) groups excluding carboxylic acids is 1. The Hall–Kier alpha value is -3.32. The van der Waals surface area contributed by atoms with Crippen LogP contribution in [0.25, 0.3) is 0 Å². The highest BCUT2D eigenvalue weighted by molar-refractivity contribution is 5.97. The molecular formula is C23H23FN4O2. The summed E-state index contributed by atoms with van der Waals surface area (Å²) >= 11 is 0. The van der Waals surface area contributed by atoms with Crippen LogP contribution >= 0.6 is 0 Å². The third-order valence-corrected chi connectivity index (χ3v) is 5.61. The third kappa shape index (κ3) is 3.64. The van der Waals surface area contributed by atoms with Gasteiger partial charge >= 0.3 is 0 Å². The quantitative estimate of drug-likeness (QED) is 0.385. The van der Waals surface area contributed by atoms with E-state index in [0.717, 1.165) is 16.3 Å². The molecule has 1 aromatic heterocycles. The Morgan fingerprint density at radius 1 is 1.20 bits per heavy atom. The largest absolute Gasteiger partial charge is 0.489 e. The van der Waals surface area contributed by atoms with Crippen LogP contribution in [0.3, 0.4) is 0 Å². The minimum absolute atomic E-state index is 0.0556. The molecule has 30 heavy (non-hydrogen) atoms. The van der Waals surface area contributed by atoms with E-state index in [0.29, 0.717) is 18.0 Å². The molecule has 1 fully saturated rings. The van der Waals surface area contributed by atoms with Gasteiger partial charge in [-0.1, -0.05) is 42.5 Å². The van der Waals surface area contributed by atoms with Gasteiger partial charge in [0.05, 0.1) is 30.1 Å². The van der Waals surface area contributed by atoms with Gasteiger partial charge in [-0.3, -0.25) is 4.79 Å². The molecule has 3 aromatic rings. The Bertz CT molecular complexity index is 1080. The van der Waals surface area contributed by atoms with Crippen molar-refractivity contribution in [1.29, 1.82) is 0 Å². The van der Waals surface area contributed by atoms with E-state index in [9.17, 15) is 9.18 Å². The fourth-order valence-electron chi connectivity index (χ4n) is 3.82. The smallest absolute Gasteiger partial charge is 0.245 e. The van der Waals surface area contributed by atoms with Crippen LogP contribution in [0.15, 0.2) is 60.8 Å². The average Bonchev–Trinajstić information content (AvgIpc) is 3.49. The van der Waals surface area contributed by atoms with Crippen molar-refractivity contribution in [3.63, 3.8) is 0 Å². The SMILES string of the molecule is Cc1ncc(OC[C@@]2(c3ccccc3)C[C@H]2C(=O)N(N)c2ccccc2F)c(C)n1. The van der Waals surface area contributed by atoms with Crippen LogP contribution in [0.1, 0.15) is 23.5 Å². The van der Waals surface area contributed by atoms with Gasteiger partial charge in [0, 0.05) is 5.41 Å². The van der Waals surface area contributed by atoms with Crippen LogP contribution in [0.4, 0.5) is 10.1 Å². The van der Waals surface area contributed by atoms with Crippen molar-refractivity contribution in [2.75, 3.05) is 11.6 Å². The predicted molar refractivity (Wildman–Crippen MR) is 111 cm³/mol. The Balaban J connectivity index is 1.59. The number of halogens is 1. The molecule has 0 spiro atoms. The second kappa shape index (κ2) is 7.84. The number of rotatable bonds is 6. The van der Waals surface area contributed by atoms with E-state index in [1.165, 1.54) is 12.1 Å². The predicted octanol–water partition coefficient (Wildman–Crippen LogP) is 3.48. The summed E-state index contributed by atoms with van der Waals surface area (Å²) in [5.41, 5.74) is 1.23. The summed E-state index contributed by atoms with van der Waals surface area (Å²) in [7, 11) is 0. The van der Waals surface area contributed by atoms with Gasteiger partial charge in [0.1, 0.15) is 11.6 Å². The van der Waals surface area contributed by atoms with Gasteiger partial charge in [-0.15, -0.1) is 0 Å². The van der Waals surface area contributed by atoms with Crippen LogP contribution in [0.5, 0.6) is 5.75 Å². The van der Waals surface area contributed by atoms with Crippen molar-refractivity contribution >= 4 is 11.6 Å². The van der Waals surface area contributed by atoms with Gasteiger partial charge in [0.15, 0.2) is 5.75 Å². The molecule has 0 unspecified atom stereocenters. The van der Waals surface area contributed by atoms with Gasteiger partial charge in [-0.25, -0.2) is 25.2 Å². The first-order chi connectivity index (χ1) is 14.4. The molecule has 2 N–H and O–H groups in total. The second-order valence-corrected chi connectivity index (χ2v) is 7.59. The number of benzene rings is 2. The van der Waals surface area contributed by atoms with Crippen LogP contribution in [0, 0.1) is 25.6 Å². The van der Waals surface area contributed by atoms with E-state index in [4.69, 9.17) is 10.6 Å². The molecule has 154 valence electrons. The number of para-hydroxylation sites is 1. The number of anilines is 1. The topological polar surface area (TPSA) is 81.3 Å². The number of nitrogens with two attached hydrogens (primary N) is 1. The zero-order valence-electron chi connectivity index (χ0n) is 16.9. The molecule has 4 rings (SSSR count). The minimum Gasteiger partial charge on any atom is -0.489 e. The summed E-state index contributed by atoms with van der Waals surface area (Å²) in [5.74, 6) is 5.95. The molecule has 1 aliphatic carbocycles. The number of nitrogens with zero attached hydrogens (tertiary/aromatic N) is 3. The zero-order valence-corrected chi connectivity index (χ0v) is 16.9. The van der Waals surface area contributed by atoms with Crippen molar-refractivity contribution in [3.8, 4) is 5.75 Å². The lowest BCUT2D eigenvalue weighted by molar-refractivity contribution is -0.120. The van der Waals surface area contributed by atoms with E-state index in [1.54, 1.807) is 18.3 Å². The summed E-state index contributed by atoms with van der Waals surface area (Å²) in [5, 5.41) is 0.908. The van der Waals surface area contributed by atoms with Crippen LogP contribution in [-0.4, -0.2) is 22.5 Å². The number of carbonyl (C=O) groups is 1. The van der Waals surface area contributed by atoms with E-state index in [2.05, 4.69) is 9.97 Å². The molecule has 2 aromatic carbocycles. The van der Waals surface area contributed by atoms with Gasteiger partial charge < -0.3 is 4.74 Å². The summed E-state index contributed by atoms with van der Waals surface area (Å²) in [4.78, 5) is 21.6. The fourth-order valence-corrected chi connectivity index (χ4v) is 3.82. The van der Waals surface area contributed by atoms with Gasteiger partial charge in [-0.05, 0) is 38.0 Å². The molecule has 1 heterocycles. The maximum Gasteiger partial charge on any atom is 0.245 e. The molecule has 0 bridgehead atoms. The molecule has 0 aliphatic heterocycles. The number of amides is 1. The zero-order chi connectivity index (χ0) is 21.3. The first-order valence-corrected chi connectivity index (χ1v) is 9.74. The summed E-state index contributed by atoms with van der Waals surface area (Å²) in [6.07, 6.45) is 2.20. The Morgan fingerprint density at radius 3 is 2.60 bits per heavy atom. The normalized spacial score (nSPS) is 19.9. The maximum atomic E-state index is 14.1. The van der Waals surface area contributed by atoms with Gasteiger partial charge in [-0.2, -0.15) is 0 Å². The lowest BCUT2D eigenvalue weighted by atomic mass is 9.93. The molecular weight excluding hydrogens is 383 g/mol. The molecule has 0 saturated heterocycles. The van der Waals surface area contributed by atoms with E-state index in [-0.39, 0.29) is 18.2 Å². The molecule has 2 atom stereocenters. The number of hydrogen-bond acceptors (Lipinski definition) is 5. The van der Waals surface area contributed by atoms with Crippen molar-refractivity contribution in [1.82, 2.24) is 9.97 Å².